The summed E-state index contributed by atoms with van der Waals surface area (Å²) in [5.41, 5.74) is 0.861. The molecule has 0 amide bonds. The average molecular weight is 178 g/mol. The van der Waals surface area contributed by atoms with Gasteiger partial charge in [-0.25, -0.2) is 0 Å². The summed E-state index contributed by atoms with van der Waals surface area (Å²) in [6.07, 6.45) is 3.93. The molecule has 0 aromatic carbocycles. The Hall–Kier alpha value is -1.40. The van der Waals surface area contributed by atoms with Crippen molar-refractivity contribution in [3.63, 3.8) is 0 Å². The van der Waals surface area contributed by atoms with E-state index in [0.29, 0.717) is 6.54 Å². The van der Waals surface area contributed by atoms with Crippen LogP contribution in [0.5, 0.6) is 0 Å². The molecular weight excluding hydrogens is 164 g/mol. The van der Waals surface area contributed by atoms with E-state index in [-0.39, 0.29) is 0 Å². The third-order valence-electron chi connectivity index (χ3n) is 1.61. The summed E-state index contributed by atoms with van der Waals surface area (Å²) in [6.45, 7) is 1.50. The number of hydrogen-bond donors (Lipinski definition) is 2. The third-order valence-corrected chi connectivity index (χ3v) is 1.61. The van der Waals surface area contributed by atoms with Crippen molar-refractivity contribution in [1.29, 1.82) is 0 Å². The van der Waals surface area contributed by atoms with Gasteiger partial charge in [0.2, 0.25) is 0 Å². The van der Waals surface area contributed by atoms with Crippen LogP contribution in [0.2, 0.25) is 0 Å². The molecule has 2 N–H and O–H groups in total. The molecule has 0 spiro atoms. The minimum absolute atomic E-state index is 0.686. The maximum Gasteiger partial charge on any atom is 0.150 e. The molecule has 0 saturated heterocycles. The molecule has 1 rings (SSSR count). The number of nitrogens with one attached hydrogen (secondary N) is 2. The van der Waals surface area contributed by atoms with Gasteiger partial charge in [-0.3, -0.25) is 0 Å². The number of ether oxygens (including phenoxy) is 1. The monoisotopic (exact) mass is 178 g/mol. The summed E-state index contributed by atoms with van der Waals surface area (Å²) in [5.74, 6) is 6.78. The average Bonchev–Trinajstić information content (AvgIpc) is 2.19. The van der Waals surface area contributed by atoms with Gasteiger partial charge in [0.25, 0.3) is 0 Å². The molecule has 1 heterocycles. The minimum Gasteiger partial charge on any atom is -0.494 e. The van der Waals surface area contributed by atoms with Crippen LogP contribution in [0.4, 0.5) is 0 Å². The Morgan fingerprint density at radius 2 is 2.54 bits per heavy atom. The van der Waals surface area contributed by atoms with E-state index in [1.54, 1.807) is 7.11 Å². The summed E-state index contributed by atoms with van der Waals surface area (Å²) in [5, 5.41) is 6.10. The van der Waals surface area contributed by atoms with Gasteiger partial charge in [0, 0.05) is 6.54 Å². The van der Waals surface area contributed by atoms with E-state index in [0.717, 1.165) is 18.0 Å². The quantitative estimate of drug-likeness (QED) is 0.594. The lowest BCUT2D eigenvalue weighted by Crippen LogP contribution is -2.18. The molecule has 3 nitrogen and oxygen atoms in total. The zero-order chi connectivity index (χ0) is 9.52. The van der Waals surface area contributed by atoms with Gasteiger partial charge in [-0.2, -0.15) is 0 Å². The molecule has 0 bridgehead atoms. The van der Waals surface area contributed by atoms with E-state index in [2.05, 4.69) is 22.5 Å². The first kappa shape index (κ1) is 9.69. The van der Waals surface area contributed by atoms with Crippen LogP contribution in [-0.2, 0) is 4.74 Å². The van der Waals surface area contributed by atoms with Crippen LogP contribution < -0.4 is 10.6 Å². The lowest BCUT2D eigenvalue weighted by atomic mass is 10.2. The number of methoxy groups -OCH3 is 1. The van der Waals surface area contributed by atoms with Crippen molar-refractivity contribution in [2.75, 3.05) is 27.2 Å². The predicted octanol–water partition coefficient (Wildman–Crippen LogP) is 0.227. The molecule has 3 heteroatoms. The van der Waals surface area contributed by atoms with Gasteiger partial charge in [0.05, 0.1) is 13.7 Å². The summed E-state index contributed by atoms with van der Waals surface area (Å²) in [7, 11) is 3.51. The van der Waals surface area contributed by atoms with Crippen molar-refractivity contribution < 1.29 is 4.74 Å². The summed E-state index contributed by atoms with van der Waals surface area (Å²) >= 11 is 0. The Labute approximate surface area is 78.9 Å². The molecule has 0 saturated carbocycles. The molecule has 13 heavy (non-hydrogen) atoms. The van der Waals surface area contributed by atoms with Gasteiger partial charge in [-0.15, -0.1) is 0 Å². The predicted molar refractivity (Wildman–Crippen MR) is 52.9 cm³/mol. The van der Waals surface area contributed by atoms with Gasteiger partial charge in [-0.05, 0) is 19.0 Å². The minimum atomic E-state index is 0.686. The molecule has 0 fully saturated rings. The molecule has 0 atom stereocenters. The van der Waals surface area contributed by atoms with Crippen LogP contribution in [0.1, 0.15) is 0 Å². The number of allylic oxidation sites excluding steroid dienone is 2. The van der Waals surface area contributed by atoms with Gasteiger partial charge < -0.3 is 15.4 Å². The second kappa shape index (κ2) is 5.28. The zero-order valence-electron chi connectivity index (χ0n) is 7.98. The van der Waals surface area contributed by atoms with E-state index in [4.69, 9.17) is 4.74 Å². The second-order valence-corrected chi connectivity index (χ2v) is 2.56. The van der Waals surface area contributed by atoms with Gasteiger partial charge >= 0.3 is 0 Å². The first-order valence-electron chi connectivity index (χ1n) is 4.20. The highest BCUT2D eigenvalue weighted by molar-refractivity contribution is 5.37. The van der Waals surface area contributed by atoms with Crippen molar-refractivity contribution in [3.05, 3.63) is 23.6 Å². The fraction of sp³-hybridized carbons (Fsp3) is 0.400. The van der Waals surface area contributed by atoms with E-state index in [1.165, 1.54) is 0 Å². The lowest BCUT2D eigenvalue weighted by molar-refractivity contribution is 0.299. The standard InChI is InChI=1S/C10H14N2O/c1-11-7-3-5-9-10(13-2)6-4-8-12-9/h4,6,11-12H,7-8H2,1-2H3. The molecule has 0 aromatic rings. The van der Waals surface area contributed by atoms with E-state index < -0.39 is 0 Å². The van der Waals surface area contributed by atoms with Crippen LogP contribution >= 0.6 is 0 Å². The SMILES string of the molecule is CNCC#CC1=C(OC)C=CCN1. The zero-order valence-corrected chi connectivity index (χ0v) is 7.98. The summed E-state index contributed by atoms with van der Waals surface area (Å²) < 4.78 is 5.14. The number of dihydropyridines is 1. The Bertz CT molecular complexity index is 281. The molecule has 0 unspecified atom stereocenters. The van der Waals surface area contributed by atoms with Crippen molar-refractivity contribution in [2.45, 2.75) is 0 Å². The maximum absolute atomic E-state index is 5.14. The molecule has 1 aliphatic rings. The fourth-order valence-corrected chi connectivity index (χ4v) is 0.994. The molecule has 0 aromatic heterocycles. The lowest BCUT2D eigenvalue weighted by Gasteiger charge is -2.11. The Kier molecular flexibility index (Phi) is 3.94. The first-order valence-corrected chi connectivity index (χ1v) is 4.20. The van der Waals surface area contributed by atoms with Crippen LogP contribution in [0.25, 0.3) is 0 Å². The maximum atomic E-state index is 5.14. The highest BCUT2D eigenvalue weighted by Crippen LogP contribution is 2.06. The largest absolute Gasteiger partial charge is 0.494 e. The molecular formula is C10H14N2O. The molecule has 1 aliphatic heterocycles. The Morgan fingerprint density at radius 1 is 1.69 bits per heavy atom. The molecule has 0 aliphatic carbocycles. The highest BCUT2D eigenvalue weighted by Gasteiger charge is 2.03. The van der Waals surface area contributed by atoms with Crippen molar-refractivity contribution in [2.24, 2.45) is 0 Å². The van der Waals surface area contributed by atoms with Gasteiger partial charge in [-0.1, -0.05) is 12.0 Å². The summed E-state index contributed by atoms with van der Waals surface area (Å²) in [4.78, 5) is 0. The van der Waals surface area contributed by atoms with Crippen LogP contribution in [0.3, 0.4) is 0 Å². The van der Waals surface area contributed by atoms with Crippen LogP contribution in [0, 0.1) is 11.8 Å². The Balaban J connectivity index is 2.70. The topological polar surface area (TPSA) is 33.3 Å². The van der Waals surface area contributed by atoms with E-state index >= 15 is 0 Å². The molecule has 70 valence electrons. The smallest absolute Gasteiger partial charge is 0.150 e. The first-order chi connectivity index (χ1) is 6.38. The third kappa shape index (κ3) is 2.85. The van der Waals surface area contributed by atoms with E-state index in [1.807, 2.05) is 19.2 Å². The summed E-state index contributed by atoms with van der Waals surface area (Å²) in [6, 6.07) is 0. The highest BCUT2D eigenvalue weighted by atomic mass is 16.5. The fourth-order valence-electron chi connectivity index (χ4n) is 0.994. The van der Waals surface area contributed by atoms with Crippen molar-refractivity contribution in [1.82, 2.24) is 10.6 Å². The van der Waals surface area contributed by atoms with Gasteiger partial charge in [0.1, 0.15) is 11.5 Å². The van der Waals surface area contributed by atoms with E-state index in [9.17, 15) is 0 Å². The van der Waals surface area contributed by atoms with Crippen molar-refractivity contribution in [3.8, 4) is 11.8 Å². The number of hydrogen-bond acceptors (Lipinski definition) is 3. The van der Waals surface area contributed by atoms with Crippen molar-refractivity contribution >= 4 is 0 Å². The molecule has 0 radical (unpaired) electrons. The van der Waals surface area contributed by atoms with Gasteiger partial charge in [0.15, 0.2) is 0 Å². The van der Waals surface area contributed by atoms with Crippen LogP contribution in [-0.4, -0.2) is 27.2 Å². The second-order valence-electron chi connectivity index (χ2n) is 2.56. The van der Waals surface area contributed by atoms with Crippen LogP contribution in [0.15, 0.2) is 23.6 Å². The normalized spacial score (nSPS) is 14.6. The number of rotatable bonds is 2. The Morgan fingerprint density at radius 3 is 3.23 bits per heavy atom.